The summed E-state index contributed by atoms with van der Waals surface area (Å²) in [5.74, 6) is -1.39. The van der Waals surface area contributed by atoms with E-state index in [2.05, 4.69) is 0 Å². The van der Waals surface area contributed by atoms with Crippen LogP contribution in [0.25, 0.3) is 0 Å². The van der Waals surface area contributed by atoms with E-state index in [0.717, 1.165) is 5.56 Å². The fourth-order valence-electron chi connectivity index (χ4n) is 3.48. The molecule has 6 nitrogen and oxygen atoms in total. The van der Waals surface area contributed by atoms with Gasteiger partial charge in [0.1, 0.15) is 0 Å². The number of ketones is 1. The zero-order valence-corrected chi connectivity index (χ0v) is 15.3. The Balaban J connectivity index is 2.13. The highest BCUT2D eigenvalue weighted by Crippen LogP contribution is 2.44. The molecule has 140 valence electrons. The molecule has 0 aliphatic carbocycles. The Morgan fingerprint density at radius 1 is 1.15 bits per heavy atom. The molecule has 27 heavy (non-hydrogen) atoms. The maximum absolute atomic E-state index is 12.8. The topological polar surface area (TPSA) is 87.1 Å². The summed E-state index contributed by atoms with van der Waals surface area (Å²) in [6, 6.07) is 12.8. The van der Waals surface area contributed by atoms with Gasteiger partial charge in [-0.1, -0.05) is 36.4 Å². The number of nitrogens with zero attached hydrogens (tertiary/aromatic N) is 1. The Morgan fingerprint density at radius 2 is 1.81 bits per heavy atom. The lowest BCUT2D eigenvalue weighted by Gasteiger charge is -2.32. The van der Waals surface area contributed by atoms with Crippen LogP contribution in [-0.2, 0) is 9.59 Å². The van der Waals surface area contributed by atoms with Gasteiger partial charge < -0.3 is 19.8 Å². The van der Waals surface area contributed by atoms with E-state index >= 15 is 0 Å². The molecule has 3 rings (SSSR count). The molecule has 0 radical (unpaired) electrons. The molecular formula is C21H21NO5. The minimum absolute atomic E-state index is 0.0207. The summed E-state index contributed by atoms with van der Waals surface area (Å²) in [6.07, 6.45) is 0. The minimum atomic E-state index is -0.804. The van der Waals surface area contributed by atoms with Crippen LogP contribution in [0.2, 0.25) is 0 Å². The zero-order chi connectivity index (χ0) is 19.7. The van der Waals surface area contributed by atoms with Crippen LogP contribution >= 0.6 is 0 Å². The maximum Gasteiger partial charge on any atom is 0.290 e. The number of carbonyl (C=O) groups is 2. The van der Waals surface area contributed by atoms with Crippen LogP contribution in [0.3, 0.4) is 0 Å². The highest BCUT2D eigenvalue weighted by molar-refractivity contribution is 6.08. The predicted octanol–water partition coefficient (Wildman–Crippen LogP) is 3.45. The van der Waals surface area contributed by atoms with Crippen molar-refractivity contribution in [2.45, 2.75) is 25.9 Å². The Kier molecular flexibility index (Phi) is 4.90. The van der Waals surface area contributed by atoms with Gasteiger partial charge in [0.25, 0.3) is 5.91 Å². The number of phenolic OH excluding ortho intramolecular Hbond substituents is 1. The number of benzene rings is 2. The quantitative estimate of drug-likeness (QED) is 0.845. The van der Waals surface area contributed by atoms with E-state index in [1.807, 2.05) is 37.3 Å². The van der Waals surface area contributed by atoms with Gasteiger partial charge in [-0.15, -0.1) is 0 Å². The lowest BCUT2D eigenvalue weighted by molar-refractivity contribution is -0.131. The number of ether oxygens (including phenoxy) is 1. The fraction of sp³-hybridized carbons (Fsp3) is 0.238. The van der Waals surface area contributed by atoms with Gasteiger partial charge in [0.15, 0.2) is 23.0 Å². The van der Waals surface area contributed by atoms with E-state index in [1.165, 1.54) is 25.0 Å². The largest absolute Gasteiger partial charge is 0.504 e. The normalized spacial score (nSPS) is 18.0. The van der Waals surface area contributed by atoms with E-state index in [0.29, 0.717) is 5.56 Å². The molecule has 1 amide bonds. The number of aromatic hydroxyl groups is 1. The number of rotatable bonds is 5. The molecule has 6 heteroatoms. The van der Waals surface area contributed by atoms with Crippen molar-refractivity contribution in [3.05, 3.63) is 71.0 Å². The Morgan fingerprint density at radius 3 is 2.37 bits per heavy atom. The monoisotopic (exact) mass is 367 g/mol. The van der Waals surface area contributed by atoms with Gasteiger partial charge in [-0.25, -0.2) is 0 Å². The molecule has 1 aliphatic heterocycles. The average molecular weight is 367 g/mol. The van der Waals surface area contributed by atoms with Gasteiger partial charge in [-0.3, -0.25) is 9.59 Å². The first-order chi connectivity index (χ1) is 12.9. The summed E-state index contributed by atoms with van der Waals surface area (Å²) < 4.78 is 5.06. The van der Waals surface area contributed by atoms with E-state index < -0.39 is 29.5 Å². The van der Waals surface area contributed by atoms with Crippen molar-refractivity contribution in [1.29, 1.82) is 0 Å². The van der Waals surface area contributed by atoms with Crippen molar-refractivity contribution in [1.82, 2.24) is 4.90 Å². The van der Waals surface area contributed by atoms with Gasteiger partial charge in [-0.2, -0.15) is 0 Å². The SMILES string of the molecule is COc1ccc(C2C(C(C)=O)=C(O)C(=O)N2C(C)c2ccccc2)cc1O. The summed E-state index contributed by atoms with van der Waals surface area (Å²) in [5, 5.41) is 20.5. The van der Waals surface area contributed by atoms with E-state index in [-0.39, 0.29) is 17.1 Å². The van der Waals surface area contributed by atoms with Crippen molar-refractivity contribution >= 4 is 11.7 Å². The van der Waals surface area contributed by atoms with E-state index in [1.54, 1.807) is 12.1 Å². The Bertz CT molecular complexity index is 919. The van der Waals surface area contributed by atoms with Crippen LogP contribution in [0.15, 0.2) is 59.9 Å². The smallest absolute Gasteiger partial charge is 0.290 e. The molecule has 2 aromatic rings. The molecule has 0 saturated heterocycles. The van der Waals surface area contributed by atoms with Crippen molar-refractivity contribution in [2.24, 2.45) is 0 Å². The lowest BCUT2D eigenvalue weighted by Crippen LogP contribution is -2.33. The molecular weight excluding hydrogens is 346 g/mol. The molecule has 2 N–H and O–H groups in total. The van der Waals surface area contributed by atoms with Crippen LogP contribution < -0.4 is 4.74 Å². The van der Waals surface area contributed by atoms with Crippen LogP contribution in [0.4, 0.5) is 0 Å². The van der Waals surface area contributed by atoms with Crippen molar-refractivity contribution in [3.8, 4) is 11.5 Å². The molecule has 2 atom stereocenters. The molecule has 0 spiro atoms. The highest BCUT2D eigenvalue weighted by Gasteiger charge is 2.44. The number of phenols is 1. The van der Waals surface area contributed by atoms with Crippen molar-refractivity contribution in [3.63, 3.8) is 0 Å². The van der Waals surface area contributed by atoms with Crippen LogP contribution in [0.1, 0.15) is 37.1 Å². The lowest BCUT2D eigenvalue weighted by atomic mass is 9.94. The third-order valence-corrected chi connectivity index (χ3v) is 4.84. The first-order valence-corrected chi connectivity index (χ1v) is 8.55. The molecule has 0 fully saturated rings. The van der Waals surface area contributed by atoms with Gasteiger partial charge in [0.2, 0.25) is 0 Å². The molecule has 0 aromatic heterocycles. The number of aliphatic hydroxyl groups excluding tert-OH is 1. The second kappa shape index (κ2) is 7.15. The Hall–Kier alpha value is -3.28. The molecule has 1 aliphatic rings. The average Bonchev–Trinajstić information content (AvgIpc) is 2.93. The third-order valence-electron chi connectivity index (χ3n) is 4.84. The number of amides is 1. The maximum atomic E-state index is 12.8. The first kappa shape index (κ1) is 18.5. The summed E-state index contributed by atoms with van der Waals surface area (Å²) in [7, 11) is 1.43. The first-order valence-electron chi connectivity index (χ1n) is 8.55. The fourth-order valence-corrected chi connectivity index (χ4v) is 3.48. The standard InChI is InChI=1S/C21H21NO5/c1-12(14-7-5-4-6-8-14)22-19(18(13(2)23)20(25)21(22)26)15-9-10-17(27-3)16(24)11-15/h4-12,19,24-25H,1-3H3. The number of aliphatic hydroxyl groups is 1. The minimum Gasteiger partial charge on any atom is -0.504 e. The van der Waals surface area contributed by atoms with E-state index in [4.69, 9.17) is 4.74 Å². The van der Waals surface area contributed by atoms with Crippen LogP contribution in [-0.4, -0.2) is 33.9 Å². The van der Waals surface area contributed by atoms with Crippen LogP contribution in [0, 0.1) is 0 Å². The van der Waals surface area contributed by atoms with Gasteiger partial charge >= 0.3 is 0 Å². The number of hydrogen-bond donors (Lipinski definition) is 2. The zero-order valence-electron chi connectivity index (χ0n) is 15.3. The second-order valence-corrected chi connectivity index (χ2v) is 6.45. The predicted molar refractivity (Wildman–Crippen MR) is 99.4 cm³/mol. The number of carbonyl (C=O) groups excluding carboxylic acids is 2. The van der Waals surface area contributed by atoms with Gasteiger partial charge in [0, 0.05) is 0 Å². The molecule has 1 heterocycles. The highest BCUT2D eigenvalue weighted by atomic mass is 16.5. The molecule has 0 saturated carbocycles. The summed E-state index contributed by atoms with van der Waals surface area (Å²) in [4.78, 5) is 26.5. The van der Waals surface area contributed by atoms with Gasteiger partial charge in [-0.05, 0) is 37.1 Å². The molecule has 2 unspecified atom stereocenters. The number of methoxy groups -OCH3 is 1. The van der Waals surface area contributed by atoms with Gasteiger partial charge in [0.05, 0.1) is 24.8 Å². The second-order valence-electron chi connectivity index (χ2n) is 6.45. The molecule has 0 bridgehead atoms. The van der Waals surface area contributed by atoms with Crippen molar-refractivity contribution < 1.29 is 24.5 Å². The third kappa shape index (κ3) is 3.14. The summed E-state index contributed by atoms with van der Waals surface area (Å²) in [5.41, 5.74) is 1.40. The molecule has 2 aromatic carbocycles. The summed E-state index contributed by atoms with van der Waals surface area (Å²) >= 11 is 0. The number of Topliss-reactive ketones (excluding diaryl/α,β-unsaturated/α-hetero) is 1. The van der Waals surface area contributed by atoms with Crippen molar-refractivity contribution in [2.75, 3.05) is 7.11 Å². The summed E-state index contributed by atoms with van der Waals surface area (Å²) in [6.45, 7) is 3.14. The van der Waals surface area contributed by atoms with Crippen LogP contribution in [0.5, 0.6) is 11.5 Å². The number of hydrogen-bond acceptors (Lipinski definition) is 5. The van der Waals surface area contributed by atoms with E-state index in [9.17, 15) is 19.8 Å². The Labute approximate surface area is 157 Å².